The molecule has 0 fully saturated rings. The van der Waals surface area contributed by atoms with Crippen LogP contribution in [-0.2, 0) is 6.42 Å². The summed E-state index contributed by atoms with van der Waals surface area (Å²) < 4.78 is 5.60. The van der Waals surface area contributed by atoms with Gasteiger partial charge in [0.2, 0.25) is 0 Å². The maximum Gasteiger partial charge on any atom is 0.144 e. The highest BCUT2D eigenvalue weighted by Crippen LogP contribution is 2.29. The summed E-state index contributed by atoms with van der Waals surface area (Å²) in [5, 5.41) is 3.32. The standard InChI is InChI=1S/C14H20N4O/c1-2-8-19-13-5-3-4-12(14(13)15)17-7-6-11-9-16-10-18-11/h3-5,9-10,17H,2,6-8,15H2,1H3,(H,16,18). The molecular formula is C14H20N4O. The van der Waals surface area contributed by atoms with E-state index in [4.69, 9.17) is 10.5 Å². The number of nitrogens with one attached hydrogen (secondary N) is 2. The van der Waals surface area contributed by atoms with Crippen LogP contribution < -0.4 is 15.8 Å². The Balaban J connectivity index is 1.92. The second kappa shape index (κ2) is 6.68. The van der Waals surface area contributed by atoms with E-state index in [2.05, 4.69) is 22.2 Å². The summed E-state index contributed by atoms with van der Waals surface area (Å²) >= 11 is 0. The second-order valence-corrected chi connectivity index (χ2v) is 4.32. The van der Waals surface area contributed by atoms with Crippen LogP contribution in [0.2, 0.25) is 0 Å². The quantitative estimate of drug-likeness (QED) is 0.668. The maximum absolute atomic E-state index is 6.08. The molecule has 0 bridgehead atoms. The molecule has 4 N–H and O–H groups in total. The summed E-state index contributed by atoms with van der Waals surface area (Å²) in [6.07, 6.45) is 5.35. The van der Waals surface area contributed by atoms with Gasteiger partial charge >= 0.3 is 0 Å². The highest BCUT2D eigenvalue weighted by atomic mass is 16.5. The smallest absolute Gasteiger partial charge is 0.144 e. The van der Waals surface area contributed by atoms with Gasteiger partial charge < -0.3 is 20.8 Å². The van der Waals surface area contributed by atoms with E-state index in [0.29, 0.717) is 12.3 Å². The third-order valence-corrected chi connectivity index (χ3v) is 2.79. The Hall–Kier alpha value is -2.17. The number of benzene rings is 1. The number of aromatic amines is 1. The van der Waals surface area contributed by atoms with Crippen LogP contribution in [0.3, 0.4) is 0 Å². The van der Waals surface area contributed by atoms with E-state index in [0.717, 1.165) is 36.5 Å². The third-order valence-electron chi connectivity index (χ3n) is 2.79. The van der Waals surface area contributed by atoms with E-state index in [1.165, 1.54) is 0 Å². The van der Waals surface area contributed by atoms with Crippen LogP contribution in [0, 0.1) is 0 Å². The number of anilines is 2. The molecule has 0 unspecified atom stereocenters. The molecule has 0 amide bonds. The van der Waals surface area contributed by atoms with Crippen molar-refractivity contribution in [2.45, 2.75) is 19.8 Å². The number of imidazole rings is 1. The van der Waals surface area contributed by atoms with Gasteiger partial charge in [0.25, 0.3) is 0 Å². The fraction of sp³-hybridized carbons (Fsp3) is 0.357. The van der Waals surface area contributed by atoms with Crippen molar-refractivity contribution in [3.05, 3.63) is 36.4 Å². The third kappa shape index (κ3) is 3.64. The van der Waals surface area contributed by atoms with E-state index >= 15 is 0 Å². The van der Waals surface area contributed by atoms with Gasteiger partial charge in [-0.3, -0.25) is 0 Å². The fourth-order valence-corrected chi connectivity index (χ4v) is 1.79. The molecule has 0 spiro atoms. The Kier molecular flexibility index (Phi) is 4.66. The van der Waals surface area contributed by atoms with E-state index in [-0.39, 0.29) is 0 Å². The Morgan fingerprint density at radius 3 is 3.05 bits per heavy atom. The van der Waals surface area contributed by atoms with E-state index in [1.54, 1.807) is 6.33 Å². The van der Waals surface area contributed by atoms with Gasteiger partial charge in [-0.15, -0.1) is 0 Å². The van der Waals surface area contributed by atoms with Gasteiger partial charge in [0.05, 0.1) is 24.3 Å². The van der Waals surface area contributed by atoms with Crippen molar-refractivity contribution < 1.29 is 4.74 Å². The van der Waals surface area contributed by atoms with Crippen LogP contribution in [0.25, 0.3) is 0 Å². The zero-order valence-corrected chi connectivity index (χ0v) is 11.1. The Labute approximate surface area is 113 Å². The van der Waals surface area contributed by atoms with Crippen molar-refractivity contribution in [3.8, 4) is 5.75 Å². The lowest BCUT2D eigenvalue weighted by Gasteiger charge is -2.13. The van der Waals surface area contributed by atoms with Gasteiger partial charge in [-0.1, -0.05) is 13.0 Å². The van der Waals surface area contributed by atoms with E-state index in [1.807, 2.05) is 24.4 Å². The molecule has 1 aromatic carbocycles. The second-order valence-electron chi connectivity index (χ2n) is 4.32. The number of rotatable bonds is 7. The SMILES string of the molecule is CCCOc1cccc(NCCc2cnc[nH]2)c1N. The van der Waals surface area contributed by atoms with Gasteiger partial charge in [-0.25, -0.2) is 4.98 Å². The number of hydrogen-bond donors (Lipinski definition) is 3. The normalized spacial score (nSPS) is 10.4. The molecule has 19 heavy (non-hydrogen) atoms. The largest absolute Gasteiger partial charge is 0.491 e. The summed E-state index contributed by atoms with van der Waals surface area (Å²) in [5.41, 5.74) is 8.75. The van der Waals surface area contributed by atoms with E-state index < -0.39 is 0 Å². The van der Waals surface area contributed by atoms with Crippen LogP contribution in [0.15, 0.2) is 30.7 Å². The first-order chi connectivity index (χ1) is 9.31. The lowest BCUT2D eigenvalue weighted by atomic mass is 10.2. The Morgan fingerprint density at radius 2 is 2.32 bits per heavy atom. The van der Waals surface area contributed by atoms with Crippen molar-refractivity contribution >= 4 is 11.4 Å². The summed E-state index contributed by atoms with van der Waals surface area (Å²) in [4.78, 5) is 7.06. The molecule has 2 rings (SSSR count). The molecule has 0 saturated carbocycles. The number of ether oxygens (including phenoxy) is 1. The summed E-state index contributed by atoms with van der Waals surface area (Å²) in [5.74, 6) is 0.744. The molecule has 0 radical (unpaired) electrons. The number of aromatic nitrogens is 2. The molecule has 5 heteroatoms. The zero-order valence-electron chi connectivity index (χ0n) is 11.1. The van der Waals surface area contributed by atoms with Gasteiger partial charge in [0.1, 0.15) is 5.75 Å². The van der Waals surface area contributed by atoms with Crippen LogP contribution in [-0.4, -0.2) is 23.1 Å². The molecule has 5 nitrogen and oxygen atoms in total. The summed E-state index contributed by atoms with van der Waals surface area (Å²) in [7, 11) is 0. The minimum atomic E-state index is 0.667. The fourth-order valence-electron chi connectivity index (χ4n) is 1.79. The molecule has 2 aromatic rings. The van der Waals surface area contributed by atoms with Crippen LogP contribution >= 0.6 is 0 Å². The number of H-pyrrole nitrogens is 1. The first kappa shape index (κ1) is 13.3. The number of nitrogens with two attached hydrogens (primary N) is 1. The molecule has 102 valence electrons. The van der Waals surface area contributed by atoms with Crippen LogP contribution in [0.1, 0.15) is 19.0 Å². The average molecular weight is 260 g/mol. The predicted molar refractivity (Wildman–Crippen MR) is 77.4 cm³/mol. The Bertz CT molecular complexity index is 496. The molecule has 0 atom stereocenters. The van der Waals surface area contributed by atoms with Gasteiger partial charge in [0, 0.05) is 24.9 Å². The van der Waals surface area contributed by atoms with Crippen molar-refractivity contribution in [1.29, 1.82) is 0 Å². The minimum absolute atomic E-state index is 0.667. The number of para-hydroxylation sites is 1. The topological polar surface area (TPSA) is 76.0 Å². The van der Waals surface area contributed by atoms with E-state index in [9.17, 15) is 0 Å². The lowest BCUT2D eigenvalue weighted by molar-refractivity contribution is 0.319. The molecule has 0 aliphatic carbocycles. The first-order valence-electron chi connectivity index (χ1n) is 6.53. The highest BCUT2D eigenvalue weighted by Gasteiger charge is 2.05. The number of nitrogen functional groups attached to an aromatic ring is 1. The molecule has 0 aliphatic rings. The summed E-state index contributed by atoms with van der Waals surface area (Å²) in [6, 6.07) is 5.80. The van der Waals surface area contributed by atoms with Crippen molar-refractivity contribution in [2.75, 3.05) is 24.2 Å². The van der Waals surface area contributed by atoms with Crippen molar-refractivity contribution in [3.63, 3.8) is 0 Å². The zero-order chi connectivity index (χ0) is 13.5. The molecule has 1 aromatic heterocycles. The average Bonchev–Trinajstić information content (AvgIpc) is 2.92. The number of hydrogen-bond acceptors (Lipinski definition) is 4. The minimum Gasteiger partial charge on any atom is -0.491 e. The van der Waals surface area contributed by atoms with Crippen molar-refractivity contribution in [2.24, 2.45) is 0 Å². The lowest BCUT2D eigenvalue weighted by Crippen LogP contribution is -2.08. The molecule has 1 heterocycles. The maximum atomic E-state index is 6.08. The predicted octanol–water partition coefficient (Wildman–Crippen LogP) is 2.44. The van der Waals surface area contributed by atoms with Crippen molar-refractivity contribution in [1.82, 2.24) is 9.97 Å². The monoisotopic (exact) mass is 260 g/mol. The van der Waals surface area contributed by atoms with Gasteiger partial charge in [-0.05, 0) is 18.6 Å². The van der Waals surface area contributed by atoms with Gasteiger partial charge in [-0.2, -0.15) is 0 Å². The van der Waals surface area contributed by atoms with Gasteiger partial charge in [0.15, 0.2) is 0 Å². The number of nitrogens with zero attached hydrogens (tertiary/aromatic N) is 1. The van der Waals surface area contributed by atoms with Crippen LogP contribution in [0.4, 0.5) is 11.4 Å². The Morgan fingerprint density at radius 1 is 1.42 bits per heavy atom. The first-order valence-corrected chi connectivity index (χ1v) is 6.53. The van der Waals surface area contributed by atoms with Crippen LogP contribution in [0.5, 0.6) is 5.75 Å². The molecule has 0 saturated heterocycles. The molecular weight excluding hydrogens is 240 g/mol. The highest BCUT2D eigenvalue weighted by molar-refractivity contribution is 5.72. The summed E-state index contributed by atoms with van der Waals surface area (Å²) in [6.45, 7) is 3.55. The molecule has 0 aliphatic heterocycles.